The Morgan fingerprint density at radius 1 is 1.17 bits per heavy atom. The summed E-state index contributed by atoms with van der Waals surface area (Å²) in [6, 6.07) is 6.46. The molecule has 0 fully saturated rings. The fraction of sp³-hybridized carbons (Fsp3) is 0.118. The molecule has 1 amide bonds. The van der Waals surface area contributed by atoms with Crippen LogP contribution in [0.25, 0.3) is 0 Å². The fourth-order valence-electron chi connectivity index (χ4n) is 3.19. The van der Waals surface area contributed by atoms with Gasteiger partial charge >= 0.3 is 0 Å². The fourth-order valence-corrected chi connectivity index (χ4v) is 4.71. The van der Waals surface area contributed by atoms with Gasteiger partial charge in [-0.1, -0.05) is 23.8 Å². The third-order valence-electron chi connectivity index (χ3n) is 4.24. The highest BCUT2D eigenvalue weighted by Crippen LogP contribution is 2.42. The number of anilines is 1. The van der Waals surface area contributed by atoms with E-state index < -0.39 is 10.0 Å². The lowest BCUT2D eigenvalue weighted by atomic mass is 9.84. The Morgan fingerprint density at radius 2 is 1.92 bits per heavy atom. The molecule has 1 atom stereocenters. The third-order valence-corrected chi connectivity index (χ3v) is 6.04. The number of carbonyl (C=O) groups is 1. The number of nitrogens with one attached hydrogen (secondary N) is 2. The molecule has 0 saturated carbocycles. The molecule has 0 spiro atoms. The van der Waals surface area contributed by atoms with Crippen LogP contribution in [-0.2, 0) is 14.8 Å². The maximum absolute atomic E-state index is 12.8. The second-order valence-corrected chi connectivity index (χ2v) is 7.85. The predicted octanol–water partition coefficient (Wildman–Crippen LogP) is 2.87. The smallest absolute Gasteiger partial charge is 0.258 e. The average Bonchev–Trinajstić information content (AvgIpc) is 2.88. The highest BCUT2D eigenvalue weighted by molar-refractivity contribution is 7.96. The zero-order chi connectivity index (χ0) is 16.9. The van der Waals surface area contributed by atoms with E-state index in [2.05, 4.69) is 10.0 Å². The van der Waals surface area contributed by atoms with E-state index in [1.54, 1.807) is 42.5 Å². The minimum Gasteiger partial charge on any atom is -0.322 e. The lowest BCUT2D eigenvalue weighted by molar-refractivity contribution is -0.115. The Kier molecular flexibility index (Phi) is 3.40. The highest BCUT2D eigenvalue weighted by Gasteiger charge is 2.39. The molecule has 2 N–H and O–H groups in total. The van der Waals surface area contributed by atoms with Crippen LogP contribution in [0.5, 0.6) is 0 Å². The molecule has 24 heavy (non-hydrogen) atoms. The van der Waals surface area contributed by atoms with Crippen LogP contribution in [0.2, 0.25) is 5.02 Å². The second-order valence-electron chi connectivity index (χ2n) is 5.73. The molecule has 1 heterocycles. The molecular weight excluding hydrogens is 348 g/mol. The van der Waals surface area contributed by atoms with E-state index >= 15 is 0 Å². The Balaban J connectivity index is 1.72. The van der Waals surface area contributed by atoms with E-state index in [0.29, 0.717) is 28.4 Å². The number of sulfonamides is 1. The Hall–Kier alpha value is -2.31. The van der Waals surface area contributed by atoms with E-state index in [0.717, 1.165) is 5.57 Å². The third kappa shape index (κ3) is 2.39. The Bertz CT molecular complexity index is 970. The summed E-state index contributed by atoms with van der Waals surface area (Å²) in [7, 11) is -3.74. The number of carbonyl (C=O) groups excluding carboxylic acids is 1. The number of allylic oxidation sites excluding steroid dienone is 5. The molecule has 0 aromatic heterocycles. The van der Waals surface area contributed by atoms with Crippen molar-refractivity contribution in [1.82, 2.24) is 5.32 Å². The van der Waals surface area contributed by atoms with Crippen molar-refractivity contribution in [2.75, 3.05) is 4.72 Å². The van der Waals surface area contributed by atoms with Crippen LogP contribution in [0.15, 0.2) is 70.3 Å². The van der Waals surface area contributed by atoms with Crippen LogP contribution in [0.4, 0.5) is 5.69 Å². The first kappa shape index (κ1) is 15.2. The van der Waals surface area contributed by atoms with Gasteiger partial charge in [-0.05, 0) is 48.4 Å². The van der Waals surface area contributed by atoms with Gasteiger partial charge in [0, 0.05) is 27.9 Å². The molecule has 2 aliphatic carbocycles. The van der Waals surface area contributed by atoms with Crippen molar-refractivity contribution in [2.24, 2.45) is 5.92 Å². The normalized spacial score (nSPS) is 21.9. The molecule has 5 nitrogen and oxygen atoms in total. The molecule has 1 aromatic carbocycles. The molecule has 1 aromatic rings. The van der Waals surface area contributed by atoms with Crippen molar-refractivity contribution in [3.63, 3.8) is 0 Å². The number of hydrogen-bond acceptors (Lipinski definition) is 3. The zero-order valence-electron chi connectivity index (χ0n) is 12.4. The van der Waals surface area contributed by atoms with Gasteiger partial charge in [0.25, 0.3) is 15.9 Å². The van der Waals surface area contributed by atoms with Crippen molar-refractivity contribution in [1.29, 1.82) is 0 Å². The molecule has 0 saturated heterocycles. The summed E-state index contributed by atoms with van der Waals surface area (Å²) in [6.07, 6.45) is 7.34. The van der Waals surface area contributed by atoms with Crippen LogP contribution in [-0.4, -0.2) is 14.3 Å². The lowest BCUT2D eigenvalue weighted by Gasteiger charge is -2.26. The maximum atomic E-state index is 12.8. The van der Waals surface area contributed by atoms with Crippen LogP contribution >= 0.6 is 11.6 Å². The number of halogens is 1. The van der Waals surface area contributed by atoms with Crippen molar-refractivity contribution < 1.29 is 13.2 Å². The summed E-state index contributed by atoms with van der Waals surface area (Å²) in [5, 5.41) is 3.31. The van der Waals surface area contributed by atoms with E-state index in [1.807, 2.05) is 6.08 Å². The van der Waals surface area contributed by atoms with Crippen molar-refractivity contribution in [2.45, 2.75) is 6.42 Å². The molecular formula is C17H13ClN2O3S. The Morgan fingerprint density at radius 3 is 2.67 bits per heavy atom. The van der Waals surface area contributed by atoms with E-state index in [9.17, 15) is 13.2 Å². The summed E-state index contributed by atoms with van der Waals surface area (Å²) in [4.78, 5) is 12.2. The van der Waals surface area contributed by atoms with Gasteiger partial charge in [-0.2, -0.15) is 0 Å². The highest BCUT2D eigenvalue weighted by atomic mass is 35.5. The number of benzene rings is 1. The van der Waals surface area contributed by atoms with E-state index in [-0.39, 0.29) is 16.7 Å². The molecule has 7 heteroatoms. The molecule has 1 aliphatic heterocycles. The Labute approximate surface area is 144 Å². The number of amides is 1. The van der Waals surface area contributed by atoms with Gasteiger partial charge in [0.05, 0.1) is 4.91 Å². The molecule has 122 valence electrons. The summed E-state index contributed by atoms with van der Waals surface area (Å²) in [5.74, 6) is -0.538. The van der Waals surface area contributed by atoms with Crippen LogP contribution in [0.1, 0.15) is 6.42 Å². The van der Waals surface area contributed by atoms with Gasteiger partial charge in [-0.15, -0.1) is 0 Å². The van der Waals surface area contributed by atoms with Gasteiger partial charge in [0.15, 0.2) is 0 Å². The SMILES string of the molecule is O=C1NC2=CC=C(S(=O)(=O)Nc3ccc(Cl)cc3)C3CC=CC1=C23. The second kappa shape index (κ2) is 5.36. The van der Waals surface area contributed by atoms with Crippen LogP contribution in [0, 0.1) is 5.92 Å². The largest absolute Gasteiger partial charge is 0.322 e. The monoisotopic (exact) mass is 360 g/mol. The molecule has 3 aliphatic rings. The maximum Gasteiger partial charge on any atom is 0.258 e. The standard InChI is InChI=1S/C17H13ClN2O3S/c18-10-4-6-11(7-5-10)20-24(22,23)15-9-8-14-16-12(15)2-1-3-13(16)17(21)19-14/h1,3-9,12,20H,2H2,(H,19,21). The molecule has 0 radical (unpaired) electrons. The first-order valence-corrected chi connectivity index (χ1v) is 9.24. The van der Waals surface area contributed by atoms with Gasteiger partial charge in [0.1, 0.15) is 0 Å². The van der Waals surface area contributed by atoms with Crippen molar-refractivity contribution >= 4 is 33.2 Å². The van der Waals surface area contributed by atoms with Gasteiger partial charge in [-0.3, -0.25) is 9.52 Å². The topological polar surface area (TPSA) is 75.3 Å². The first-order valence-electron chi connectivity index (χ1n) is 7.38. The van der Waals surface area contributed by atoms with Gasteiger partial charge in [0.2, 0.25) is 0 Å². The molecule has 0 bridgehead atoms. The van der Waals surface area contributed by atoms with Crippen LogP contribution in [0.3, 0.4) is 0 Å². The zero-order valence-corrected chi connectivity index (χ0v) is 14.0. The van der Waals surface area contributed by atoms with Gasteiger partial charge in [-0.25, -0.2) is 8.42 Å². The summed E-state index contributed by atoms with van der Waals surface area (Å²) in [6.45, 7) is 0. The summed E-state index contributed by atoms with van der Waals surface area (Å²) < 4.78 is 28.2. The first-order chi connectivity index (χ1) is 11.5. The quantitative estimate of drug-likeness (QED) is 0.870. The molecule has 4 rings (SSSR count). The summed E-state index contributed by atoms with van der Waals surface area (Å²) in [5.41, 5.74) is 2.44. The van der Waals surface area contributed by atoms with Crippen LogP contribution < -0.4 is 10.0 Å². The van der Waals surface area contributed by atoms with E-state index in [4.69, 9.17) is 11.6 Å². The number of rotatable bonds is 3. The van der Waals surface area contributed by atoms with Crippen molar-refractivity contribution in [3.8, 4) is 0 Å². The molecule has 1 unspecified atom stereocenters. The van der Waals surface area contributed by atoms with E-state index in [1.165, 1.54) is 0 Å². The number of hydrogen-bond donors (Lipinski definition) is 2. The minimum atomic E-state index is -3.74. The average molecular weight is 361 g/mol. The van der Waals surface area contributed by atoms with Crippen molar-refractivity contribution in [3.05, 3.63) is 75.3 Å². The summed E-state index contributed by atoms with van der Waals surface area (Å²) >= 11 is 5.83. The van der Waals surface area contributed by atoms with Gasteiger partial charge < -0.3 is 5.32 Å². The lowest BCUT2D eigenvalue weighted by Crippen LogP contribution is -2.25. The minimum absolute atomic E-state index is 0.185. The predicted molar refractivity (Wildman–Crippen MR) is 92.6 cm³/mol.